The molecule has 1 N–H and O–H groups in total. The fourth-order valence-electron chi connectivity index (χ4n) is 1.10. The first-order valence-corrected chi connectivity index (χ1v) is 4.82. The maximum absolute atomic E-state index is 11.7. The fraction of sp³-hybridized carbons (Fsp3) is 0. The number of amides is 1. The maximum atomic E-state index is 11.7. The molecule has 0 bridgehead atoms. The second-order valence-electron chi connectivity index (χ2n) is 2.92. The second-order valence-corrected chi connectivity index (χ2v) is 3.28. The predicted octanol–water partition coefficient (Wildman–Crippen LogP) is 1.78. The number of nitrogens with zero attached hydrogens (tertiary/aromatic N) is 3. The van der Waals surface area contributed by atoms with Gasteiger partial charge in [-0.15, -0.1) is 0 Å². The van der Waals surface area contributed by atoms with E-state index in [-0.39, 0.29) is 11.1 Å². The van der Waals surface area contributed by atoms with E-state index in [1.54, 1.807) is 12.1 Å². The van der Waals surface area contributed by atoms with Crippen molar-refractivity contribution in [3.05, 3.63) is 47.8 Å². The van der Waals surface area contributed by atoms with Crippen LogP contribution in [0.5, 0.6) is 0 Å². The van der Waals surface area contributed by atoms with Gasteiger partial charge in [0.1, 0.15) is 6.33 Å². The van der Waals surface area contributed by atoms with Crippen molar-refractivity contribution in [3.63, 3.8) is 0 Å². The normalized spacial score (nSPS) is 9.81. The Kier molecular flexibility index (Phi) is 3.07. The van der Waals surface area contributed by atoms with Gasteiger partial charge in [-0.25, -0.2) is 9.97 Å². The van der Waals surface area contributed by atoms with Crippen molar-refractivity contribution in [2.75, 3.05) is 5.32 Å². The van der Waals surface area contributed by atoms with Crippen molar-refractivity contribution in [1.29, 1.82) is 0 Å². The molecular weight excluding hydrogens is 228 g/mol. The lowest BCUT2D eigenvalue weighted by Crippen LogP contribution is -2.12. The van der Waals surface area contributed by atoms with E-state index < -0.39 is 0 Å². The number of pyridine rings is 1. The zero-order valence-electron chi connectivity index (χ0n) is 8.09. The minimum Gasteiger partial charge on any atom is -0.318 e. The molecule has 2 rings (SSSR count). The van der Waals surface area contributed by atoms with Crippen LogP contribution < -0.4 is 5.32 Å². The first-order valence-electron chi connectivity index (χ1n) is 4.44. The Morgan fingerprint density at radius 3 is 2.69 bits per heavy atom. The quantitative estimate of drug-likeness (QED) is 0.805. The predicted molar refractivity (Wildman–Crippen MR) is 59.2 cm³/mol. The third kappa shape index (κ3) is 2.32. The van der Waals surface area contributed by atoms with Crippen LogP contribution in [0.2, 0.25) is 5.15 Å². The van der Waals surface area contributed by atoms with Gasteiger partial charge in [-0.3, -0.25) is 9.78 Å². The molecule has 0 saturated carbocycles. The lowest BCUT2D eigenvalue weighted by atomic mass is 10.2. The Hall–Kier alpha value is -2.01. The first kappa shape index (κ1) is 10.5. The number of carbonyl (C=O) groups excluding carboxylic acids is 1. The number of halogens is 1. The molecule has 0 atom stereocenters. The van der Waals surface area contributed by atoms with E-state index in [4.69, 9.17) is 11.6 Å². The summed E-state index contributed by atoms with van der Waals surface area (Å²) in [6.07, 6.45) is 5.83. The summed E-state index contributed by atoms with van der Waals surface area (Å²) in [5.74, 6) is -0.279. The molecule has 0 aromatic carbocycles. The lowest BCUT2D eigenvalue weighted by molar-refractivity contribution is 0.102. The Labute approximate surface area is 96.5 Å². The summed E-state index contributed by atoms with van der Waals surface area (Å²) in [5, 5.41) is 2.81. The molecule has 6 heteroatoms. The average molecular weight is 235 g/mol. The van der Waals surface area contributed by atoms with Gasteiger partial charge in [-0.05, 0) is 12.1 Å². The topological polar surface area (TPSA) is 67.8 Å². The molecule has 2 aromatic heterocycles. The van der Waals surface area contributed by atoms with E-state index in [9.17, 15) is 4.79 Å². The molecule has 5 nitrogen and oxygen atoms in total. The van der Waals surface area contributed by atoms with Gasteiger partial charge in [0.15, 0.2) is 5.15 Å². The molecule has 0 fully saturated rings. The smallest absolute Gasteiger partial charge is 0.255 e. The summed E-state index contributed by atoms with van der Waals surface area (Å²) in [6, 6.07) is 3.21. The first-order chi connectivity index (χ1) is 7.77. The molecule has 2 aromatic rings. The van der Waals surface area contributed by atoms with E-state index in [1.165, 1.54) is 24.9 Å². The fourth-order valence-corrected chi connectivity index (χ4v) is 1.24. The van der Waals surface area contributed by atoms with Gasteiger partial charge >= 0.3 is 0 Å². The van der Waals surface area contributed by atoms with Crippen molar-refractivity contribution >= 4 is 23.2 Å². The van der Waals surface area contributed by atoms with Crippen molar-refractivity contribution in [2.24, 2.45) is 0 Å². The Bertz CT molecular complexity index is 503. The molecule has 0 aliphatic carbocycles. The minimum atomic E-state index is -0.279. The van der Waals surface area contributed by atoms with Crippen molar-refractivity contribution in [2.45, 2.75) is 0 Å². The molecule has 2 heterocycles. The number of nitrogens with one attached hydrogen (secondary N) is 1. The third-order valence-electron chi connectivity index (χ3n) is 1.85. The summed E-state index contributed by atoms with van der Waals surface area (Å²) in [6.45, 7) is 0. The summed E-state index contributed by atoms with van der Waals surface area (Å²) < 4.78 is 0. The van der Waals surface area contributed by atoms with Gasteiger partial charge in [0.25, 0.3) is 5.91 Å². The van der Waals surface area contributed by atoms with Gasteiger partial charge in [0.05, 0.1) is 11.9 Å². The van der Waals surface area contributed by atoms with E-state index in [0.717, 1.165) is 0 Å². The largest absolute Gasteiger partial charge is 0.318 e. The Morgan fingerprint density at radius 2 is 2.00 bits per heavy atom. The van der Waals surface area contributed by atoms with E-state index in [1.807, 2.05) is 0 Å². The van der Waals surface area contributed by atoms with Gasteiger partial charge in [0, 0.05) is 18.0 Å². The van der Waals surface area contributed by atoms with Crippen LogP contribution in [0.1, 0.15) is 10.4 Å². The Morgan fingerprint density at radius 1 is 1.25 bits per heavy atom. The van der Waals surface area contributed by atoms with Crippen molar-refractivity contribution in [1.82, 2.24) is 15.0 Å². The van der Waals surface area contributed by atoms with E-state index in [2.05, 4.69) is 20.3 Å². The molecule has 16 heavy (non-hydrogen) atoms. The molecule has 0 aliphatic heterocycles. The molecule has 0 spiro atoms. The SMILES string of the molecule is O=C(Nc1cncnc1Cl)c1ccncc1. The van der Waals surface area contributed by atoms with Crippen LogP contribution in [-0.2, 0) is 0 Å². The molecule has 0 saturated heterocycles. The molecule has 1 amide bonds. The van der Waals surface area contributed by atoms with Crippen LogP contribution in [0.3, 0.4) is 0 Å². The molecule has 0 unspecified atom stereocenters. The summed E-state index contributed by atoms with van der Waals surface area (Å²) in [4.78, 5) is 23.1. The van der Waals surface area contributed by atoms with Gasteiger partial charge < -0.3 is 5.32 Å². The maximum Gasteiger partial charge on any atom is 0.255 e. The zero-order valence-corrected chi connectivity index (χ0v) is 8.85. The van der Waals surface area contributed by atoms with E-state index in [0.29, 0.717) is 11.3 Å². The number of carbonyl (C=O) groups is 1. The van der Waals surface area contributed by atoms with Gasteiger partial charge in [-0.1, -0.05) is 11.6 Å². The average Bonchev–Trinajstić information content (AvgIpc) is 2.33. The number of hydrogen-bond donors (Lipinski definition) is 1. The number of hydrogen-bond acceptors (Lipinski definition) is 4. The van der Waals surface area contributed by atoms with Crippen LogP contribution in [-0.4, -0.2) is 20.9 Å². The van der Waals surface area contributed by atoms with Crippen LogP contribution >= 0.6 is 11.6 Å². The van der Waals surface area contributed by atoms with Crippen molar-refractivity contribution in [3.8, 4) is 0 Å². The number of aromatic nitrogens is 3. The zero-order chi connectivity index (χ0) is 11.4. The van der Waals surface area contributed by atoms with Crippen molar-refractivity contribution < 1.29 is 4.79 Å². The lowest BCUT2D eigenvalue weighted by Gasteiger charge is -2.04. The van der Waals surface area contributed by atoms with Crippen LogP contribution in [0.4, 0.5) is 5.69 Å². The molecule has 0 aliphatic rings. The van der Waals surface area contributed by atoms with Crippen LogP contribution in [0.15, 0.2) is 37.1 Å². The molecule has 0 radical (unpaired) electrons. The second kappa shape index (κ2) is 4.67. The van der Waals surface area contributed by atoms with Crippen LogP contribution in [0.25, 0.3) is 0 Å². The third-order valence-corrected chi connectivity index (χ3v) is 2.16. The summed E-state index contributed by atoms with van der Waals surface area (Å²) in [5.41, 5.74) is 0.876. The van der Waals surface area contributed by atoms with Gasteiger partial charge in [0.2, 0.25) is 0 Å². The highest BCUT2D eigenvalue weighted by Gasteiger charge is 2.08. The summed E-state index contributed by atoms with van der Waals surface area (Å²) >= 11 is 5.78. The summed E-state index contributed by atoms with van der Waals surface area (Å²) in [7, 11) is 0. The van der Waals surface area contributed by atoms with E-state index >= 15 is 0 Å². The Balaban J connectivity index is 2.18. The molecule has 80 valence electrons. The standard InChI is InChI=1S/C10H7ClN4O/c11-9-8(5-13-6-14-9)15-10(16)7-1-3-12-4-2-7/h1-6H,(H,15,16). The minimum absolute atomic E-state index is 0.206. The number of rotatable bonds is 2. The highest BCUT2D eigenvalue weighted by Crippen LogP contribution is 2.16. The highest BCUT2D eigenvalue weighted by atomic mass is 35.5. The van der Waals surface area contributed by atoms with Gasteiger partial charge in [-0.2, -0.15) is 0 Å². The number of anilines is 1. The highest BCUT2D eigenvalue weighted by molar-refractivity contribution is 6.32. The molecular formula is C10H7ClN4O. The monoisotopic (exact) mass is 234 g/mol. The van der Waals surface area contributed by atoms with Crippen LogP contribution in [0, 0.1) is 0 Å².